The second kappa shape index (κ2) is 9.62. The van der Waals surface area contributed by atoms with Crippen molar-refractivity contribution < 1.29 is 23.2 Å². The Hall–Kier alpha value is -3.38. The molecular weight excluding hydrogens is 442 g/mol. The number of thioether (sulfide) groups is 1. The highest BCUT2D eigenvalue weighted by Gasteiger charge is 2.24. The first-order chi connectivity index (χ1) is 15.2. The molecule has 0 atom stereocenters. The number of esters is 1. The molecule has 0 aliphatic heterocycles. The molecule has 0 unspecified atom stereocenters. The molecule has 0 spiro atoms. The summed E-state index contributed by atoms with van der Waals surface area (Å²) in [5.41, 5.74) is 0.835. The number of furan rings is 2. The van der Waals surface area contributed by atoms with Crippen molar-refractivity contribution in [3.63, 3.8) is 0 Å². The zero-order chi connectivity index (χ0) is 21.6. The molecular formula is C19H17N5O5S2. The molecule has 31 heavy (non-hydrogen) atoms. The van der Waals surface area contributed by atoms with Crippen molar-refractivity contribution in [3.8, 4) is 11.3 Å². The highest BCUT2D eigenvalue weighted by Crippen LogP contribution is 2.36. The van der Waals surface area contributed by atoms with Gasteiger partial charge in [0.1, 0.15) is 28.6 Å². The summed E-state index contributed by atoms with van der Waals surface area (Å²) in [5.74, 6) is 0.429. The van der Waals surface area contributed by atoms with Gasteiger partial charge in [0.25, 0.3) is 0 Å². The minimum absolute atomic E-state index is 0.0504. The van der Waals surface area contributed by atoms with Gasteiger partial charge >= 0.3 is 5.97 Å². The molecule has 4 rings (SSSR count). The number of hydrogen-bond donors (Lipinski definition) is 1. The van der Waals surface area contributed by atoms with E-state index >= 15 is 0 Å². The number of amides is 1. The summed E-state index contributed by atoms with van der Waals surface area (Å²) in [7, 11) is 0. The number of hydrogen-bond acceptors (Lipinski definition) is 10. The lowest BCUT2D eigenvalue weighted by atomic mass is 10.1. The van der Waals surface area contributed by atoms with Crippen LogP contribution in [0.1, 0.15) is 23.0 Å². The van der Waals surface area contributed by atoms with E-state index in [0.29, 0.717) is 33.8 Å². The van der Waals surface area contributed by atoms with E-state index in [1.807, 2.05) is 6.07 Å². The highest BCUT2D eigenvalue weighted by atomic mass is 32.2. The molecule has 0 saturated carbocycles. The maximum absolute atomic E-state index is 12.6. The normalized spacial score (nSPS) is 10.9. The molecule has 0 bridgehead atoms. The zero-order valence-corrected chi connectivity index (χ0v) is 17.9. The third kappa shape index (κ3) is 4.86. The smallest absolute Gasteiger partial charge is 0.341 e. The van der Waals surface area contributed by atoms with Crippen LogP contribution >= 0.6 is 23.1 Å². The number of anilines is 1. The fourth-order valence-electron chi connectivity index (χ4n) is 2.71. The van der Waals surface area contributed by atoms with Crippen LogP contribution in [0.3, 0.4) is 0 Å². The number of tetrazole rings is 1. The van der Waals surface area contributed by atoms with Crippen molar-refractivity contribution in [2.24, 2.45) is 0 Å². The van der Waals surface area contributed by atoms with Crippen LogP contribution in [-0.4, -0.2) is 44.4 Å². The van der Waals surface area contributed by atoms with Gasteiger partial charge in [-0.3, -0.25) is 4.79 Å². The largest absolute Gasteiger partial charge is 0.467 e. The molecule has 0 aliphatic carbocycles. The third-order valence-corrected chi connectivity index (χ3v) is 5.88. The first kappa shape index (κ1) is 20.9. The average molecular weight is 460 g/mol. The summed E-state index contributed by atoms with van der Waals surface area (Å²) in [4.78, 5) is 25.1. The number of aromatic nitrogens is 4. The van der Waals surface area contributed by atoms with Crippen LogP contribution in [0.15, 0.2) is 56.2 Å². The number of thiophene rings is 1. The van der Waals surface area contributed by atoms with E-state index in [2.05, 4.69) is 20.8 Å². The Labute approximate surface area is 184 Å². The highest BCUT2D eigenvalue weighted by molar-refractivity contribution is 7.99. The summed E-state index contributed by atoms with van der Waals surface area (Å²) in [6.45, 7) is 2.29. The second-order valence-electron chi connectivity index (χ2n) is 6.09. The van der Waals surface area contributed by atoms with Gasteiger partial charge in [0.2, 0.25) is 11.1 Å². The van der Waals surface area contributed by atoms with Gasteiger partial charge in [-0.1, -0.05) is 11.8 Å². The molecule has 0 aromatic carbocycles. The quantitative estimate of drug-likeness (QED) is 0.295. The lowest BCUT2D eigenvalue weighted by Gasteiger charge is -2.08. The predicted molar refractivity (Wildman–Crippen MR) is 113 cm³/mol. The van der Waals surface area contributed by atoms with E-state index in [0.717, 1.165) is 0 Å². The summed E-state index contributed by atoms with van der Waals surface area (Å²) in [5, 5.41) is 16.9. The van der Waals surface area contributed by atoms with Gasteiger partial charge in [0.05, 0.1) is 24.9 Å². The van der Waals surface area contributed by atoms with Gasteiger partial charge in [-0.2, -0.15) is 0 Å². The van der Waals surface area contributed by atoms with Gasteiger partial charge in [0, 0.05) is 10.9 Å². The zero-order valence-electron chi connectivity index (χ0n) is 16.3. The molecule has 10 nitrogen and oxygen atoms in total. The van der Waals surface area contributed by atoms with Crippen LogP contribution in [0.25, 0.3) is 11.3 Å². The number of carbonyl (C=O) groups excluding carboxylic acids is 2. The minimum Gasteiger partial charge on any atom is -0.467 e. The first-order valence-electron chi connectivity index (χ1n) is 9.19. The lowest BCUT2D eigenvalue weighted by Crippen LogP contribution is -2.17. The van der Waals surface area contributed by atoms with E-state index in [1.54, 1.807) is 41.4 Å². The molecule has 4 heterocycles. The van der Waals surface area contributed by atoms with E-state index in [9.17, 15) is 9.59 Å². The molecule has 0 fully saturated rings. The van der Waals surface area contributed by atoms with Gasteiger partial charge in [-0.15, -0.1) is 16.4 Å². The molecule has 12 heteroatoms. The van der Waals surface area contributed by atoms with E-state index in [4.69, 9.17) is 13.6 Å². The monoisotopic (exact) mass is 459 g/mol. The number of nitrogens with one attached hydrogen (secondary N) is 1. The number of carbonyl (C=O) groups is 2. The molecule has 0 aliphatic rings. The number of rotatable bonds is 9. The molecule has 0 radical (unpaired) electrons. The Morgan fingerprint density at radius 3 is 2.84 bits per heavy atom. The van der Waals surface area contributed by atoms with Crippen LogP contribution < -0.4 is 5.32 Å². The fraction of sp³-hybridized carbons (Fsp3) is 0.211. The van der Waals surface area contributed by atoms with E-state index in [-0.39, 0.29) is 23.8 Å². The topological polar surface area (TPSA) is 125 Å². The standard InChI is InChI=1S/C19H17N5O5S2/c1-2-27-18(26)16-13(14-6-4-8-29-14)10-30-17(16)20-15(25)11-31-19-21-22-23-24(19)9-12-5-3-7-28-12/h3-8,10H,2,9,11H2,1H3,(H,20,25). The Morgan fingerprint density at radius 2 is 2.10 bits per heavy atom. The van der Waals surface area contributed by atoms with E-state index in [1.165, 1.54) is 29.4 Å². The first-order valence-corrected chi connectivity index (χ1v) is 11.1. The van der Waals surface area contributed by atoms with Crippen LogP contribution in [0.4, 0.5) is 5.00 Å². The van der Waals surface area contributed by atoms with Gasteiger partial charge in [-0.25, -0.2) is 9.48 Å². The summed E-state index contributed by atoms with van der Waals surface area (Å²) >= 11 is 2.40. The molecule has 4 aromatic heterocycles. The lowest BCUT2D eigenvalue weighted by molar-refractivity contribution is -0.113. The fourth-order valence-corrected chi connectivity index (χ4v) is 4.34. The van der Waals surface area contributed by atoms with Gasteiger partial charge in [0.15, 0.2) is 0 Å². The van der Waals surface area contributed by atoms with Crippen molar-refractivity contribution in [3.05, 3.63) is 53.5 Å². The Morgan fingerprint density at radius 1 is 1.26 bits per heavy atom. The number of ether oxygens (including phenoxy) is 1. The van der Waals surface area contributed by atoms with Gasteiger partial charge < -0.3 is 18.9 Å². The molecule has 4 aromatic rings. The number of nitrogens with zero attached hydrogens (tertiary/aromatic N) is 4. The molecule has 160 valence electrons. The molecule has 1 amide bonds. The van der Waals surface area contributed by atoms with Crippen molar-refractivity contribution >= 4 is 40.0 Å². The van der Waals surface area contributed by atoms with Crippen molar-refractivity contribution in [1.82, 2.24) is 20.2 Å². The van der Waals surface area contributed by atoms with Crippen molar-refractivity contribution in [1.29, 1.82) is 0 Å². The average Bonchev–Trinajstić information content (AvgIpc) is 3.54. The molecule has 0 saturated heterocycles. The Kier molecular flexibility index (Phi) is 6.48. The summed E-state index contributed by atoms with van der Waals surface area (Å²) in [6.07, 6.45) is 3.09. The predicted octanol–water partition coefficient (Wildman–Crippen LogP) is 3.54. The van der Waals surface area contributed by atoms with Gasteiger partial charge in [-0.05, 0) is 41.6 Å². The van der Waals surface area contributed by atoms with Crippen molar-refractivity contribution in [2.75, 3.05) is 17.7 Å². The van der Waals surface area contributed by atoms with Crippen LogP contribution in [-0.2, 0) is 16.1 Å². The maximum atomic E-state index is 12.6. The van der Waals surface area contributed by atoms with Crippen LogP contribution in [0.2, 0.25) is 0 Å². The second-order valence-corrected chi connectivity index (χ2v) is 7.91. The SMILES string of the molecule is CCOC(=O)c1c(-c2ccco2)csc1NC(=O)CSc1nnnn1Cc1ccco1. The van der Waals surface area contributed by atoms with Crippen molar-refractivity contribution in [2.45, 2.75) is 18.6 Å². The third-order valence-electron chi connectivity index (χ3n) is 4.03. The van der Waals surface area contributed by atoms with E-state index < -0.39 is 5.97 Å². The summed E-state index contributed by atoms with van der Waals surface area (Å²) < 4.78 is 17.4. The van der Waals surface area contributed by atoms with Crippen LogP contribution in [0, 0.1) is 0 Å². The minimum atomic E-state index is -0.527. The Balaban J connectivity index is 1.45. The maximum Gasteiger partial charge on any atom is 0.341 e. The summed E-state index contributed by atoms with van der Waals surface area (Å²) in [6, 6.07) is 7.06. The Bertz CT molecular complexity index is 1150. The van der Waals surface area contributed by atoms with Crippen LogP contribution in [0.5, 0.6) is 0 Å². The molecule has 1 N–H and O–H groups in total.